The Hall–Kier alpha value is -2.15. The van der Waals surface area contributed by atoms with Gasteiger partial charge in [0, 0.05) is 0 Å². The van der Waals surface area contributed by atoms with Crippen LogP contribution in [-0.4, -0.2) is 24.0 Å². The van der Waals surface area contributed by atoms with E-state index in [1.54, 1.807) is 24.3 Å². The normalized spacial score (nSPS) is 10.6. The maximum absolute atomic E-state index is 12.5. The van der Waals surface area contributed by atoms with E-state index in [1.165, 1.54) is 30.6 Å². The van der Waals surface area contributed by atoms with E-state index >= 15 is 0 Å². The lowest BCUT2D eigenvalue weighted by Gasteiger charge is -2.06. The van der Waals surface area contributed by atoms with E-state index in [-0.39, 0.29) is 11.1 Å². The molecule has 3 rings (SSSR count). The summed E-state index contributed by atoms with van der Waals surface area (Å²) in [6, 6.07) is 9.68. The van der Waals surface area contributed by atoms with Crippen molar-refractivity contribution >= 4 is 61.8 Å². The fraction of sp³-hybridized carbons (Fsp3) is 0.0625. The van der Waals surface area contributed by atoms with E-state index in [1.807, 2.05) is 0 Å². The lowest BCUT2D eigenvalue weighted by Crippen LogP contribution is -2.16. The fourth-order valence-electron chi connectivity index (χ4n) is 2.13. The minimum atomic E-state index is -0.587. The molecule has 0 bridgehead atoms. The highest BCUT2D eigenvalue weighted by atomic mass is 35.5. The van der Waals surface area contributed by atoms with Crippen LogP contribution in [0.15, 0.2) is 36.4 Å². The summed E-state index contributed by atoms with van der Waals surface area (Å²) in [5.41, 5.74) is 0.890. The number of nitrogens with zero attached hydrogens (tertiary/aromatic N) is 1. The second kappa shape index (κ2) is 6.76. The Morgan fingerprint density at radius 3 is 2.42 bits per heavy atom. The molecule has 0 spiro atoms. The maximum atomic E-state index is 12.5. The molecule has 1 N–H and O–H groups in total. The molecule has 0 aliphatic rings. The molecule has 0 fully saturated rings. The van der Waals surface area contributed by atoms with E-state index in [4.69, 9.17) is 23.2 Å². The third-order valence-corrected chi connectivity index (χ3v) is 4.98. The van der Waals surface area contributed by atoms with Crippen molar-refractivity contribution < 1.29 is 14.3 Å². The minimum absolute atomic E-state index is 0.176. The smallest absolute Gasteiger partial charge is 0.338 e. The van der Waals surface area contributed by atoms with Gasteiger partial charge < -0.3 is 4.74 Å². The highest BCUT2D eigenvalue weighted by Gasteiger charge is 2.19. The summed E-state index contributed by atoms with van der Waals surface area (Å²) < 4.78 is 5.37. The number of fused-ring (bicyclic) bond motifs is 1. The van der Waals surface area contributed by atoms with Crippen LogP contribution < -0.4 is 5.32 Å². The first-order valence-corrected chi connectivity index (χ1v) is 8.31. The number of ether oxygens (including phenoxy) is 1. The van der Waals surface area contributed by atoms with Crippen molar-refractivity contribution in [2.24, 2.45) is 0 Å². The summed E-state index contributed by atoms with van der Waals surface area (Å²) in [4.78, 5) is 28.5. The van der Waals surface area contributed by atoms with Gasteiger partial charge in [0.1, 0.15) is 5.52 Å². The van der Waals surface area contributed by atoms with Gasteiger partial charge in [0.25, 0.3) is 5.91 Å². The van der Waals surface area contributed by atoms with Gasteiger partial charge in [-0.3, -0.25) is 10.1 Å². The predicted molar refractivity (Wildman–Crippen MR) is 95.4 cm³/mol. The van der Waals surface area contributed by atoms with Crippen LogP contribution in [0.5, 0.6) is 0 Å². The molecule has 0 aliphatic carbocycles. The van der Waals surface area contributed by atoms with Crippen LogP contribution in [0.3, 0.4) is 0 Å². The van der Waals surface area contributed by atoms with Crippen LogP contribution in [0.4, 0.5) is 5.13 Å². The number of nitrogens with one attached hydrogen (secondary N) is 1. The second-order valence-electron chi connectivity index (χ2n) is 4.72. The minimum Gasteiger partial charge on any atom is -0.465 e. The zero-order valence-electron chi connectivity index (χ0n) is 12.3. The van der Waals surface area contributed by atoms with Crippen LogP contribution in [0, 0.1) is 0 Å². The molecular weight excluding hydrogens is 371 g/mol. The standard InChI is InChI=1S/C16H10Cl2N2O3S/c1-23-15(22)9-5-3-2-4-8(9)14(21)20-16-19-12-10(17)6-7-11(18)13(12)24-16/h2-7H,1H3,(H,19,20,21). The monoisotopic (exact) mass is 380 g/mol. The second-order valence-corrected chi connectivity index (χ2v) is 6.53. The number of rotatable bonds is 3. The highest BCUT2D eigenvalue weighted by molar-refractivity contribution is 7.23. The van der Waals surface area contributed by atoms with Crippen LogP contribution in [-0.2, 0) is 4.74 Å². The summed E-state index contributed by atoms with van der Waals surface area (Å²) in [7, 11) is 1.26. The van der Waals surface area contributed by atoms with Gasteiger partial charge in [-0.1, -0.05) is 46.7 Å². The Morgan fingerprint density at radius 1 is 1.08 bits per heavy atom. The number of carbonyl (C=O) groups excluding carboxylic acids is 2. The number of aromatic nitrogens is 1. The van der Waals surface area contributed by atoms with E-state index in [2.05, 4.69) is 15.0 Å². The lowest BCUT2D eigenvalue weighted by molar-refractivity contribution is 0.0597. The first-order chi connectivity index (χ1) is 11.5. The number of anilines is 1. The number of amides is 1. The molecular formula is C16H10Cl2N2O3S. The summed E-state index contributed by atoms with van der Waals surface area (Å²) in [5, 5.41) is 3.95. The molecule has 0 atom stereocenters. The number of thiazole rings is 1. The van der Waals surface area contributed by atoms with Gasteiger partial charge in [-0.05, 0) is 24.3 Å². The van der Waals surface area contributed by atoms with Crippen molar-refractivity contribution in [3.63, 3.8) is 0 Å². The van der Waals surface area contributed by atoms with Crippen molar-refractivity contribution in [1.29, 1.82) is 0 Å². The Kier molecular flexibility index (Phi) is 4.71. The van der Waals surface area contributed by atoms with Crippen LogP contribution in [0.2, 0.25) is 10.0 Å². The Bertz CT molecular complexity index is 917. The topological polar surface area (TPSA) is 68.3 Å². The predicted octanol–water partition coefficient (Wildman–Crippen LogP) is 4.64. The quantitative estimate of drug-likeness (QED) is 0.671. The first kappa shape index (κ1) is 16.7. The number of esters is 1. The van der Waals surface area contributed by atoms with Crippen molar-refractivity contribution in [2.75, 3.05) is 12.4 Å². The third-order valence-electron chi connectivity index (χ3n) is 3.24. The van der Waals surface area contributed by atoms with E-state index < -0.39 is 11.9 Å². The molecule has 3 aromatic rings. The number of hydrogen-bond donors (Lipinski definition) is 1. The molecule has 24 heavy (non-hydrogen) atoms. The molecule has 0 saturated heterocycles. The van der Waals surface area contributed by atoms with Crippen LogP contribution in [0.1, 0.15) is 20.7 Å². The van der Waals surface area contributed by atoms with Gasteiger partial charge in [0.2, 0.25) is 0 Å². The number of methoxy groups -OCH3 is 1. The highest BCUT2D eigenvalue weighted by Crippen LogP contribution is 2.36. The van der Waals surface area contributed by atoms with E-state index in [9.17, 15) is 9.59 Å². The summed E-state index contributed by atoms with van der Waals surface area (Å²) >= 11 is 13.4. The van der Waals surface area contributed by atoms with Gasteiger partial charge in [-0.25, -0.2) is 9.78 Å². The van der Waals surface area contributed by atoms with Gasteiger partial charge >= 0.3 is 5.97 Å². The van der Waals surface area contributed by atoms with Crippen molar-refractivity contribution in [2.45, 2.75) is 0 Å². The molecule has 8 heteroatoms. The average Bonchev–Trinajstić information content (AvgIpc) is 3.02. The fourth-order valence-corrected chi connectivity index (χ4v) is 3.55. The number of carbonyl (C=O) groups is 2. The van der Waals surface area contributed by atoms with Crippen LogP contribution >= 0.6 is 34.5 Å². The zero-order chi connectivity index (χ0) is 17.3. The Morgan fingerprint density at radius 2 is 1.75 bits per heavy atom. The van der Waals surface area contributed by atoms with Crippen molar-refractivity contribution in [3.8, 4) is 0 Å². The van der Waals surface area contributed by atoms with Gasteiger partial charge in [0.05, 0.1) is 33.0 Å². The molecule has 1 heterocycles. The molecule has 0 aliphatic heterocycles. The molecule has 5 nitrogen and oxygen atoms in total. The van der Waals surface area contributed by atoms with Crippen LogP contribution in [0.25, 0.3) is 10.2 Å². The molecule has 1 aromatic heterocycles. The molecule has 0 unspecified atom stereocenters. The Labute approximate surface area is 151 Å². The summed E-state index contributed by atoms with van der Waals surface area (Å²) in [5.74, 6) is -1.06. The number of halogens is 2. The molecule has 0 radical (unpaired) electrons. The maximum Gasteiger partial charge on any atom is 0.338 e. The Balaban J connectivity index is 1.95. The van der Waals surface area contributed by atoms with E-state index in [0.717, 1.165) is 0 Å². The third kappa shape index (κ3) is 3.08. The average molecular weight is 381 g/mol. The molecule has 2 aromatic carbocycles. The SMILES string of the molecule is COC(=O)c1ccccc1C(=O)Nc1nc2c(Cl)ccc(Cl)c2s1. The summed E-state index contributed by atoms with van der Waals surface area (Å²) in [6.45, 7) is 0. The largest absolute Gasteiger partial charge is 0.465 e. The van der Waals surface area contributed by atoms with E-state index in [0.29, 0.717) is 25.4 Å². The zero-order valence-corrected chi connectivity index (χ0v) is 14.6. The molecule has 1 amide bonds. The first-order valence-electron chi connectivity index (χ1n) is 6.74. The van der Waals surface area contributed by atoms with Gasteiger partial charge in [-0.2, -0.15) is 0 Å². The van der Waals surface area contributed by atoms with Gasteiger partial charge in [0.15, 0.2) is 5.13 Å². The van der Waals surface area contributed by atoms with Gasteiger partial charge in [-0.15, -0.1) is 0 Å². The molecule has 122 valence electrons. The number of benzene rings is 2. The lowest BCUT2D eigenvalue weighted by atomic mass is 10.1. The van der Waals surface area contributed by atoms with Crippen molar-refractivity contribution in [3.05, 3.63) is 57.6 Å². The number of hydrogen-bond acceptors (Lipinski definition) is 5. The summed E-state index contributed by atoms with van der Waals surface area (Å²) in [6.07, 6.45) is 0. The van der Waals surface area contributed by atoms with Crippen molar-refractivity contribution in [1.82, 2.24) is 4.98 Å². The molecule has 0 saturated carbocycles.